The third-order valence-corrected chi connectivity index (χ3v) is 2.09. The van der Waals surface area contributed by atoms with E-state index in [4.69, 9.17) is 5.73 Å². The van der Waals surface area contributed by atoms with E-state index < -0.39 is 0 Å². The van der Waals surface area contributed by atoms with E-state index in [2.05, 4.69) is 0 Å². The van der Waals surface area contributed by atoms with Crippen molar-refractivity contribution in [2.75, 3.05) is 19.0 Å². The van der Waals surface area contributed by atoms with Crippen molar-refractivity contribution in [3.8, 4) is 0 Å². The van der Waals surface area contributed by atoms with E-state index in [0.717, 1.165) is 5.69 Å². The number of rotatable bonds is 3. The predicted octanol–water partition coefficient (Wildman–Crippen LogP) is 1.78. The molecule has 0 unspecified atom stereocenters. The number of benzene rings is 1. The third kappa shape index (κ3) is 2.70. The van der Waals surface area contributed by atoms with Crippen LogP contribution in [0.15, 0.2) is 18.2 Å². The lowest BCUT2D eigenvalue weighted by atomic mass is 10.1. The molecule has 0 aliphatic heterocycles. The van der Waals surface area contributed by atoms with Gasteiger partial charge in [0.2, 0.25) is 0 Å². The Bertz CT molecular complexity index is 308. The summed E-state index contributed by atoms with van der Waals surface area (Å²) in [6, 6.07) is 5.24. The summed E-state index contributed by atoms with van der Waals surface area (Å²) in [6.45, 7) is 1.87. The average molecular weight is 196 g/mol. The molecule has 0 amide bonds. The monoisotopic (exact) mass is 196 g/mol. The average Bonchev–Trinajstić information content (AvgIpc) is 2.07. The van der Waals surface area contributed by atoms with Gasteiger partial charge < -0.3 is 10.6 Å². The molecule has 0 heterocycles. The number of hydrogen-bond acceptors (Lipinski definition) is 2. The highest BCUT2D eigenvalue weighted by atomic mass is 19.1. The number of anilines is 1. The van der Waals surface area contributed by atoms with E-state index in [1.165, 1.54) is 6.07 Å². The largest absolute Gasteiger partial charge is 0.378 e. The Balaban J connectivity index is 2.90. The maximum absolute atomic E-state index is 13.5. The Kier molecular flexibility index (Phi) is 3.47. The van der Waals surface area contributed by atoms with E-state index in [1.807, 2.05) is 32.0 Å². The minimum atomic E-state index is -0.173. The molecule has 2 N–H and O–H groups in total. The molecule has 0 bridgehead atoms. The van der Waals surface area contributed by atoms with Gasteiger partial charge in [-0.05, 0) is 31.0 Å². The smallest absolute Gasteiger partial charge is 0.128 e. The van der Waals surface area contributed by atoms with E-state index >= 15 is 0 Å². The molecule has 3 heteroatoms. The van der Waals surface area contributed by atoms with Gasteiger partial charge in [-0.2, -0.15) is 0 Å². The minimum Gasteiger partial charge on any atom is -0.378 e. The summed E-state index contributed by atoms with van der Waals surface area (Å²) in [5, 5.41) is 0. The van der Waals surface area contributed by atoms with Crippen molar-refractivity contribution >= 4 is 5.69 Å². The SMILES string of the molecule is C[C@H](N)Cc1ccc(N(C)C)cc1F. The van der Waals surface area contributed by atoms with Crippen LogP contribution in [0.5, 0.6) is 0 Å². The summed E-state index contributed by atoms with van der Waals surface area (Å²) in [4.78, 5) is 1.87. The molecule has 1 aromatic carbocycles. The predicted molar refractivity (Wildman–Crippen MR) is 58.1 cm³/mol. The van der Waals surface area contributed by atoms with Crippen LogP contribution in [0.1, 0.15) is 12.5 Å². The lowest BCUT2D eigenvalue weighted by molar-refractivity contribution is 0.596. The Morgan fingerprint density at radius 1 is 1.43 bits per heavy atom. The van der Waals surface area contributed by atoms with Crippen molar-refractivity contribution < 1.29 is 4.39 Å². The van der Waals surface area contributed by atoms with E-state index in [0.29, 0.717) is 12.0 Å². The van der Waals surface area contributed by atoms with Crippen LogP contribution in [0, 0.1) is 5.82 Å². The van der Waals surface area contributed by atoms with Gasteiger partial charge in [0.05, 0.1) is 0 Å². The molecule has 0 spiro atoms. The molecule has 0 aliphatic carbocycles. The fraction of sp³-hybridized carbons (Fsp3) is 0.455. The Morgan fingerprint density at radius 2 is 2.07 bits per heavy atom. The zero-order chi connectivity index (χ0) is 10.7. The molecule has 0 aliphatic rings. The highest BCUT2D eigenvalue weighted by Crippen LogP contribution is 2.17. The lowest BCUT2D eigenvalue weighted by Crippen LogP contribution is -2.18. The topological polar surface area (TPSA) is 29.3 Å². The number of nitrogens with zero attached hydrogens (tertiary/aromatic N) is 1. The van der Waals surface area contributed by atoms with Gasteiger partial charge in [0.15, 0.2) is 0 Å². The highest BCUT2D eigenvalue weighted by Gasteiger charge is 2.06. The Morgan fingerprint density at radius 3 is 2.50 bits per heavy atom. The van der Waals surface area contributed by atoms with Crippen molar-refractivity contribution in [3.05, 3.63) is 29.6 Å². The molecule has 2 nitrogen and oxygen atoms in total. The first-order chi connectivity index (χ1) is 6.50. The van der Waals surface area contributed by atoms with Crippen LogP contribution in [0.25, 0.3) is 0 Å². The van der Waals surface area contributed by atoms with Gasteiger partial charge in [-0.25, -0.2) is 4.39 Å². The summed E-state index contributed by atoms with van der Waals surface area (Å²) in [5.74, 6) is -0.173. The maximum atomic E-state index is 13.5. The molecular formula is C11H17FN2. The summed E-state index contributed by atoms with van der Waals surface area (Å²) in [5.41, 5.74) is 7.17. The Hall–Kier alpha value is -1.09. The van der Waals surface area contributed by atoms with Gasteiger partial charge in [0, 0.05) is 25.8 Å². The van der Waals surface area contributed by atoms with E-state index in [9.17, 15) is 4.39 Å². The molecule has 1 atom stereocenters. The van der Waals surface area contributed by atoms with Gasteiger partial charge in [-0.3, -0.25) is 0 Å². The van der Waals surface area contributed by atoms with Crippen LogP contribution in [-0.4, -0.2) is 20.1 Å². The van der Waals surface area contributed by atoms with Crippen molar-refractivity contribution in [3.63, 3.8) is 0 Å². The van der Waals surface area contributed by atoms with E-state index in [1.54, 1.807) is 6.07 Å². The third-order valence-electron chi connectivity index (χ3n) is 2.09. The molecule has 0 saturated carbocycles. The summed E-state index contributed by atoms with van der Waals surface area (Å²) >= 11 is 0. The molecule has 0 fully saturated rings. The molecule has 78 valence electrons. The normalized spacial score (nSPS) is 12.6. The van der Waals surface area contributed by atoms with Crippen molar-refractivity contribution in [1.29, 1.82) is 0 Å². The van der Waals surface area contributed by atoms with Crippen molar-refractivity contribution in [2.45, 2.75) is 19.4 Å². The highest BCUT2D eigenvalue weighted by molar-refractivity contribution is 5.46. The van der Waals surface area contributed by atoms with Crippen LogP contribution in [0.2, 0.25) is 0 Å². The fourth-order valence-corrected chi connectivity index (χ4v) is 1.33. The zero-order valence-electron chi connectivity index (χ0n) is 8.92. The summed E-state index contributed by atoms with van der Waals surface area (Å²) in [6.07, 6.45) is 0.583. The molecule has 14 heavy (non-hydrogen) atoms. The molecule has 1 rings (SSSR count). The van der Waals surface area contributed by atoms with Crippen LogP contribution in [0.3, 0.4) is 0 Å². The second-order valence-corrected chi connectivity index (χ2v) is 3.85. The number of hydrogen-bond donors (Lipinski definition) is 1. The van der Waals surface area contributed by atoms with Gasteiger partial charge in [-0.1, -0.05) is 6.07 Å². The zero-order valence-corrected chi connectivity index (χ0v) is 8.92. The van der Waals surface area contributed by atoms with Crippen LogP contribution >= 0.6 is 0 Å². The quantitative estimate of drug-likeness (QED) is 0.798. The first kappa shape index (κ1) is 11.0. The van der Waals surface area contributed by atoms with Gasteiger partial charge in [-0.15, -0.1) is 0 Å². The van der Waals surface area contributed by atoms with Crippen LogP contribution in [-0.2, 0) is 6.42 Å². The number of halogens is 1. The Labute approximate surface area is 84.5 Å². The minimum absolute atomic E-state index is 0.00490. The van der Waals surface area contributed by atoms with Crippen LogP contribution in [0.4, 0.5) is 10.1 Å². The molecule has 0 radical (unpaired) electrons. The van der Waals surface area contributed by atoms with E-state index in [-0.39, 0.29) is 11.9 Å². The second-order valence-electron chi connectivity index (χ2n) is 3.85. The molecule has 0 saturated heterocycles. The first-order valence-corrected chi connectivity index (χ1v) is 4.72. The standard InChI is InChI=1S/C11H17FN2/c1-8(13)6-9-4-5-10(14(2)3)7-11(9)12/h4-5,7-8H,6,13H2,1-3H3/t8-/m0/s1. The maximum Gasteiger partial charge on any atom is 0.128 e. The van der Waals surface area contributed by atoms with Gasteiger partial charge >= 0.3 is 0 Å². The molecular weight excluding hydrogens is 179 g/mol. The summed E-state index contributed by atoms with van der Waals surface area (Å²) < 4.78 is 13.5. The first-order valence-electron chi connectivity index (χ1n) is 4.72. The fourth-order valence-electron chi connectivity index (χ4n) is 1.33. The van der Waals surface area contributed by atoms with Crippen molar-refractivity contribution in [1.82, 2.24) is 0 Å². The lowest BCUT2D eigenvalue weighted by Gasteiger charge is -2.14. The van der Waals surface area contributed by atoms with Crippen molar-refractivity contribution in [2.24, 2.45) is 5.73 Å². The summed E-state index contributed by atoms with van der Waals surface area (Å²) in [7, 11) is 3.78. The second kappa shape index (κ2) is 4.42. The van der Waals surface area contributed by atoms with Gasteiger partial charge in [0.1, 0.15) is 5.82 Å². The number of nitrogens with two attached hydrogens (primary N) is 1. The van der Waals surface area contributed by atoms with Crippen LogP contribution < -0.4 is 10.6 Å². The van der Waals surface area contributed by atoms with Gasteiger partial charge in [0.25, 0.3) is 0 Å². The molecule has 1 aromatic rings. The molecule has 0 aromatic heterocycles.